The van der Waals surface area contributed by atoms with Gasteiger partial charge in [0.1, 0.15) is 23.3 Å². The molecule has 1 aliphatic rings. The van der Waals surface area contributed by atoms with Crippen molar-refractivity contribution in [2.24, 2.45) is 0 Å². The van der Waals surface area contributed by atoms with Crippen molar-refractivity contribution < 1.29 is 23.5 Å². The van der Waals surface area contributed by atoms with Crippen LogP contribution in [0.3, 0.4) is 0 Å². The van der Waals surface area contributed by atoms with Crippen molar-refractivity contribution in [2.75, 3.05) is 11.9 Å². The second-order valence-electron chi connectivity index (χ2n) is 8.89. The third-order valence-corrected chi connectivity index (χ3v) is 5.34. The fourth-order valence-electron chi connectivity index (χ4n) is 3.54. The molecule has 1 fully saturated rings. The molecule has 0 saturated carbocycles. The number of rotatable bonds is 4. The molecule has 1 aliphatic heterocycles. The van der Waals surface area contributed by atoms with Crippen molar-refractivity contribution in [2.45, 2.75) is 58.3 Å². The smallest absolute Gasteiger partial charge is 0.410 e. The number of nitrogens with zero attached hydrogens (tertiary/aromatic N) is 1. The first-order valence-corrected chi connectivity index (χ1v) is 10.9. The number of carbonyl (C=O) groups excluding carboxylic acids is 2. The van der Waals surface area contributed by atoms with Gasteiger partial charge in [-0.3, -0.25) is 4.79 Å². The standard InChI is InChI=1S/C24H28ClFN2O4/c1-15-12-19(10-11-28(15)23(30)32-24(2,3)4)31-18-7-5-6-17(14-18)27-22(29)20-9-8-16(26)13-21(20)25/h5-9,13-15,19H,10-12H2,1-4H3,(H,27,29)/t15-,19+/m1/s1. The Kier molecular flexibility index (Phi) is 7.29. The zero-order valence-electron chi connectivity index (χ0n) is 18.7. The van der Waals surface area contributed by atoms with Gasteiger partial charge in [0.25, 0.3) is 5.91 Å². The van der Waals surface area contributed by atoms with Gasteiger partial charge in [0.2, 0.25) is 0 Å². The molecule has 0 aliphatic carbocycles. The quantitative estimate of drug-likeness (QED) is 0.614. The number of anilines is 1. The van der Waals surface area contributed by atoms with E-state index in [2.05, 4.69) is 5.32 Å². The summed E-state index contributed by atoms with van der Waals surface area (Å²) >= 11 is 5.97. The Morgan fingerprint density at radius 3 is 2.59 bits per heavy atom. The zero-order valence-corrected chi connectivity index (χ0v) is 19.4. The summed E-state index contributed by atoms with van der Waals surface area (Å²) < 4.78 is 24.8. The average Bonchev–Trinajstić information content (AvgIpc) is 2.66. The molecule has 0 spiro atoms. The number of hydrogen-bond acceptors (Lipinski definition) is 4. The van der Waals surface area contributed by atoms with Gasteiger partial charge in [-0.2, -0.15) is 0 Å². The summed E-state index contributed by atoms with van der Waals surface area (Å²) in [5, 5.41) is 2.80. The molecule has 0 aromatic heterocycles. The number of likely N-dealkylation sites (tertiary alicyclic amines) is 1. The highest BCUT2D eigenvalue weighted by Gasteiger charge is 2.32. The fourth-order valence-corrected chi connectivity index (χ4v) is 3.79. The zero-order chi connectivity index (χ0) is 23.5. The van der Waals surface area contributed by atoms with Gasteiger partial charge in [0.05, 0.1) is 10.6 Å². The van der Waals surface area contributed by atoms with Gasteiger partial charge >= 0.3 is 6.09 Å². The predicted molar refractivity (Wildman–Crippen MR) is 122 cm³/mol. The number of benzene rings is 2. The lowest BCUT2D eigenvalue weighted by molar-refractivity contribution is -0.00102. The minimum atomic E-state index is -0.535. The van der Waals surface area contributed by atoms with E-state index in [1.165, 1.54) is 12.1 Å². The van der Waals surface area contributed by atoms with E-state index < -0.39 is 17.3 Å². The highest BCUT2D eigenvalue weighted by molar-refractivity contribution is 6.34. The SMILES string of the molecule is C[C@@H]1C[C@@H](Oc2cccc(NC(=O)c3ccc(F)cc3Cl)c2)CCN1C(=O)OC(C)(C)C. The average molecular weight is 463 g/mol. The molecule has 172 valence electrons. The highest BCUT2D eigenvalue weighted by Crippen LogP contribution is 2.27. The summed E-state index contributed by atoms with van der Waals surface area (Å²) in [7, 11) is 0. The van der Waals surface area contributed by atoms with Gasteiger partial charge in [0, 0.05) is 37.2 Å². The number of piperidine rings is 1. The van der Waals surface area contributed by atoms with Crippen LogP contribution in [-0.2, 0) is 4.74 Å². The Balaban J connectivity index is 1.59. The van der Waals surface area contributed by atoms with E-state index in [1.807, 2.05) is 33.8 Å². The van der Waals surface area contributed by atoms with Gasteiger partial charge in [0.15, 0.2) is 0 Å². The lowest BCUT2D eigenvalue weighted by Gasteiger charge is -2.38. The Bertz CT molecular complexity index is 992. The Labute approximate surface area is 192 Å². The molecule has 3 rings (SSSR count). The number of ether oxygens (including phenoxy) is 2. The molecule has 2 aromatic rings. The van der Waals surface area contributed by atoms with E-state index in [4.69, 9.17) is 21.1 Å². The van der Waals surface area contributed by atoms with E-state index in [1.54, 1.807) is 23.1 Å². The molecular formula is C24H28ClFN2O4. The maximum atomic E-state index is 13.2. The van der Waals surface area contributed by atoms with Gasteiger partial charge in [-0.05, 0) is 58.0 Å². The number of halogens is 2. The highest BCUT2D eigenvalue weighted by atomic mass is 35.5. The normalized spacial score (nSPS) is 18.8. The van der Waals surface area contributed by atoms with Crippen molar-refractivity contribution in [1.29, 1.82) is 0 Å². The third-order valence-electron chi connectivity index (χ3n) is 5.03. The van der Waals surface area contributed by atoms with Crippen molar-refractivity contribution in [3.63, 3.8) is 0 Å². The molecule has 0 unspecified atom stereocenters. The van der Waals surface area contributed by atoms with E-state index in [0.29, 0.717) is 30.8 Å². The molecule has 1 saturated heterocycles. The van der Waals surface area contributed by atoms with Crippen molar-refractivity contribution in [3.8, 4) is 5.75 Å². The monoisotopic (exact) mass is 462 g/mol. The molecule has 0 radical (unpaired) electrons. The van der Waals surface area contributed by atoms with Gasteiger partial charge in [-0.15, -0.1) is 0 Å². The summed E-state index contributed by atoms with van der Waals surface area (Å²) in [5.41, 5.74) is 0.183. The Morgan fingerprint density at radius 2 is 1.94 bits per heavy atom. The van der Waals surface area contributed by atoms with Crippen LogP contribution in [0.25, 0.3) is 0 Å². The van der Waals surface area contributed by atoms with Crippen molar-refractivity contribution >= 4 is 29.3 Å². The summed E-state index contributed by atoms with van der Waals surface area (Å²) in [5.74, 6) is -0.337. The van der Waals surface area contributed by atoms with Crippen molar-refractivity contribution in [1.82, 2.24) is 4.90 Å². The molecule has 6 nitrogen and oxygen atoms in total. The summed E-state index contributed by atoms with van der Waals surface area (Å²) in [6.45, 7) is 8.06. The largest absolute Gasteiger partial charge is 0.490 e. The minimum absolute atomic E-state index is 0.0212. The Morgan fingerprint density at radius 1 is 1.19 bits per heavy atom. The van der Waals surface area contributed by atoms with Crippen LogP contribution >= 0.6 is 11.6 Å². The molecule has 32 heavy (non-hydrogen) atoms. The number of hydrogen-bond donors (Lipinski definition) is 1. The van der Waals surface area contributed by atoms with Crippen molar-refractivity contribution in [3.05, 3.63) is 58.9 Å². The number of amides is 2. The number of carbonyl (C=O) groups is 2. The lowest BCUT2D eigenvalue weighted by Crippen LogP contribution is -2.49. The van der Waals surface area contributed by atoms with E-state index in [0.717, 1.165) is 6.07 Å². The molecule has 0 bridgehead atoms. The van der Waals surface area contributed by atoms with Gasteiger partial charge in [-0.25, -0.2) is 9.18 Å². The first-order valence-electron chi connectivity index (χ1n) is 10.5. The van der Waals surface area contributed by atoms with Crippen LogP contribution in [0.5, 0.6) is 5.75 Å². The van der Waals surface area contributed by atoms with Crippen LogP contribution < -0.4 is 10.1 Å². The molecule has 2 atom stereocenters. The molecule has 2 amide bonds. The van der Waals surface area contributed by atoms with Gasteiger partial charge < -0.3 is 19.7 Å². The Hall–Kier alpha value is -2.80. The summed E-state index contributed by atoms with van der Waals surface area (Å²) in [6, 6.07) is 10.6. The van der Waals surface area contributed by atoms with Crippen LogP contribution in [0.2, 0.25) is 5.02 Å². The van der Waals surface area contributed by atoms with Gasteiger partial charge in [-0.1, -0.05) is 17.7 Å². The number of nitrogens with one attached hydrogen (secondary N) is 1. The van der Waals surface area contributed by atoms with Crippen LogP contribution in [0, 0.1) is 5.82 Å². The van der Waals surface area contributed by atoms with E-state index in [-0.39, 0.29) is 28.8 Å². The molecule has 1 heterocycles. The lowest BCUT2D eigenvalue weighted by atomic mass is 10.0. The summed E-state index contributed by atoms with van der Waals surface area (Å²) in [4.78, 5) is 26.6. The second-order valence-corrected chi connectivity index (χ2v) is 9.30. The third kappa shape index (κ3) is 6.36. The van der Waals surface area contributed by atoms with Crippen LogP contribution in [0.4, 0.5) is 14.9 Å². The maximum absolute atomic E-state index is 13.2. The topological polar surface area (TPSA) is 67.9 Å². The first kappa shape index (κ1) is 23.9. The van der Waals surface area contributed by atoms with E-state index in [9.17, 15) is 14.0 Å². The molecule has 1 N–H and O–H groups in total. The van der Waals surface area contributed by atoms with Crippen LogP contribution in [-0.4, -0.2) is 41.2 Å². The molecule has 2 aromatic carbocycles. The molecule has 8 heteroatoms. The minimum Gasteiger partial charge on any atom is -0.490 e. The second kappa shape index (κ2) is 9.77. The predicted octanol–water partition coefficient (Wildman–Crippen LogP) is 5.90. The van der Waals surface area contributed by atoms with E-state index >= 15 is 0 Å². The fraction of sp³-hybridized carbons (Fsp3) is 0.417. The first-order chi connectivity index (χ1) is 15.0. The summed E-state index contributed by atoms with van der Waals surface area (Å²) in [6.07, 6.45) is 0.959. The molecular weight excluding hydrogens is 435 g/mol. The van der Waals surface area contributed by atoms with Crippen LogP contribution in [0.15, 0.2) is 42.5 Å². The maximum Gasteiger partial charge on any atom is 0.410 e. The van der Waals surface area contributed by atoms with Crippen LogP contribution in [0.1, 0.15) is 50.9 Å².